The van der Waals surface area contributed by atoms with Crippen molar-refractivity contribution in [2.24, 2.45) is 0 Å². The summed E-state index contributed by atoms with van der Waals surface area (Å²) < 4.78 is 34.5. The minimum Gasteiger partial charge on any atom is -0.487 e. The quantitative estimate of drug-likeness (QED) is 0.717. The van der Waals surface area contributed by atoms with Crippen LogP contribution in [0, 0.1) is 0 Å². The van der Waals surface area contributed by atoms with Gasteiger partial charge in [0.25, 0.3) is 0 Å². The van der Waals surface area contributed by atoms with Crippen LogP contribution in [-0.2, 0) is 15.9 Å². The van der Waals surface area contributed by atoms with Gasteiger partial charge in [-0.15, -0.1) is 6.58 Å². The molecule has 0 fully saturated rings. The zero-order chi connectivity index (χ0) is 20.2. The molecule has 0 spiro atoms. The molecule has 156 valence electrons. The van der Waals surface area contributed by atoms with Crippen LogP contribution in [0.25, 0.3) is 0 Å². The highest BCUT2D eigenvalue weighted by molar-refractivity contribution is 5.43. The van der Waals surface area contributed by atoms with Gasteiger partial charge in [-0.25, -0.2) is 0 Å². The van der Waals surface area contributed by atoms with E-state index >= 15 is 0 Å². The van der Waals surface area contributed by atoms with Crippen molar-refractivity contribution in [3.63, 3.8) is 0 Å². The van der Waals surface area contributed by atoms with E-state index in [1.807, 2.05) is 48.5 Å². The van der Waals surface area contributed by atoms with E-state index in [0.29, 0.717) is 75.9 Å². The Kier molecular flexibility index (Phi) is 8.69. The van der Waals surface area contributed by atoms with Gasteiger partial charge >= 0.3 is 0 Å². The van der Waals surface area contributed by atoms with Crippen LogP contribution in [-0.4, -0.2) is 52.9 Å². The highest BCUT2D eigenvalue weighted by atomic mass is 16.6. The number of fused-ring (bicyclic) bond motifs is 2. The van der Waals surface area contributed by atoms with Crippen LogP contribution in [0.2, 0.25) is 0 Å². The molecule has 0 radical (unpaired) electrons. The van der Waals surface area contributed by atoms with Gasteiger partial charge in [-0.2, -0.15) is 0 Å². The molecular formula is C23H28O6. The summed E-state index contributed by atoms with van der Waals surface area (Å²) in [6.07, 6.45) is 2.63. The van der Waals surface area contributed by atoms with Crippen LogP contribution < -0.4 is 18.9 Å². The van der Waals surface area contributed by atoms with Gasteiger partial charge in [0.2, 0.25) is 0 Å². The summed E-state index contributed by atoms with van der Waals surface area (Å²) in [7, 11) is 0. The summed E-state index contributed by atoms with van der Waals surface area (Å²) >= 11 is 0. The van der Waals surface area contributed by atoms with Crippen molar-refractivity contribution in [2.75, 3.05) is 52.9 Å². The molecule has 0 atom stereocenters. The standard InChI is InChI=1S/C23H28O6/c1-2-5-19-8-9-22-23(18-19)29-17-13-25-11-15-27-21-7-4-3-6-20(21)26-14-10-24-12-16-28-22/h2-4,6-9,18H,1,5,10-17H2. The molecule has 1 aliphatic heterocycles. The van der Waals surface area contributed by atoms with Crippen molar-refractivity contribution in [3.05, 3.63) is 60.7 Å². The van der Waals surface area contributed by atoms with Crippen molar-refractivity contribution in [1.29, 1.82) is 0 Å². The molecule has 3 rings (SSSR count). The third kappa shape index (κ3) is 7.00. The predicted molar refractivity (Wildman–Crippen MR) is 110 cm³/mol. The van der Waals surface area contributed by atoms with Gasteiger partial charge < -0.3 is 28.4 Å². The number of allylic oxidation sites excluding steroid dienone is 1. The van der Waals surface area contributed by atoms with E-state index in [2.05, 4.69) is 6.58 Å². The van der Waals surface area contributed by atoms with Crippen molar-refractivity contribution in [1.82, 2.24) is 0 Å². The molecule has 0 saturated carbocycles. The number of para-hydroxylation sites is 2. The highest BCUT2D eigenvalue weighted by Gasteiger charge is 2.08. The Morgan fingerprint density at radius 2 is 1.10 bits per heavy atom. The Morgan fingerprint density at radius 1 is 0.621 bits per heavy atom. The minimum absolute atomic E-state index is 0.421. The van der Waals surface area contributed by atoms with Gasteiger partial charge in [0, 0.05) is 0 Å². The van der Waals surface area contributed by atoms with E-state index in [9.17, 15) is 0 Å². The summed E-state index contributed by atoms with van der Waals surface area (Å²) in [4.78, 5) is 0. The summed E-state index contributed by atoms with van der Waals surface area (Å²) in [5.41, 5.74) is 1.12. The second kappa shape index (κ2) is 12.0. The summed E-state index contributed by atoms with van der Waals surface area (Å²) in [6.45, 7) is 7.32. The Hall–Kier alpha value is -2.70. The fraction of sp³-hybridized carbons (Fsp3) is 0.391. The molecule has 2 aromatic carbocycles. The third-order valence-corrected chi connectivity index (χ3v) is 4.18. The van der Waals surface area contributed by atoms with Gasteiger partial charge in [-0.1, -0.05) is 24.3 Å². The Labute approximate surface area is 171 Å². The molecule has 1 heterocycles. The predicted octanol–water partition coefficient (Wildman–Crippen LogP) is 3.68. The third-order valence-electron chi connectivity index (χ3n) is 4.18. The van der Waals surface area contributed by atoms with Crippen LogP contribution in [0.1, 0.15) is 5.56 Å². The molecule has 0 N–H and O–H groups in total. The van der Waals surface area contributed by atoms with E-state index in [1.54, 1.807) is 0 Å². The fourth-order valence-corrected chi connectivity index (χ4v) is 2.81. The normalized spacial score (nSPS) is 16.3. The van der Waals surface area contributed by atoms with Crippen molar-refractivity contribution >= 4 is 0 Å². The van der Waals surface area contributed by atoms with Crippen molar-refractivity contribution < 1.29 is 28.4 Å². The summed E-state index contributed by atoms with van der Waals surface area (Å²) in [5, 5.41) is 0. The van der Waals surface area contributed by atoms with Crippen molar-refractivity contribution in [2.45, 2.75) is 6.42 Å². The molecule has 0 aromatic heterocycles. The van der Waals surface area contributed by atoms with Crippen LogP contribution >= 0.6 is 0 Å². The molecule has 2 aromatic rings. The number of rotatable bonds is 2. The van der Waals surface area contributed by atoms with Gasteiger partial charge in [-0.3, -0.25) is 0 Å². The Morgan fingerprint density at radius 3 is 1.62 bits per heavy atom. The molecule has 29 heavy (non-hydrogen) atoms. The molecule has 1 aliphatic rings. The average molecular weight is 400 g/mol. The molecule has 0 bridgehead atoms. The first kappa shape index (κ1) is 21.0. The summed E-state index contributed by atoms with van der Waals surface area (Å²) in [5.74, 6) is 2.78. The lowest BCUT2D eigenvalue weighted by Crippen LogP contribution is -2.15. The van der Waals surface area contributed by atoms with Crippen molar-refractivity contribution in [3.8, 4) is 23.0 Å². The fourth-order valence-electron chi connectivity index (χ4n) is 2.81. The molecule has 0 unspecified atom stereocenters. The highest BCUT2D eigenvalue weighted by Crippen LogP contribution is 2.29. The van der Waals surface area contributed by atoms with Crippen LogP contribution in [0.15, 0.2) is 55.1 Å². The first-order valence-electron chi connectivity index (χ1n) is 9.86. The zero-order valence-corrected chi connectivity index (χ0v) is 16.6. The zero-order valence-electron chi connectivity index (χ0n) is 16.6. The number of ether oxygens (including phenoxy) is 6. The lowest BCUT2D eigenvalue weighted by Gasteiger charge is -2.16. The number of hydrogen-bond acceptors (Lipinski definition) is 6. The van der Waals surface area contributed by atoms with E-state index in [4.69, 9.17) is 28.4 Å². The average Bonchev–Trinajstić information content (AvgIpc) is 2.74. The van der Waals surface area contributed by atoms with Crippen LogP contribution in [0.3, 0.4) is 0 Å². The van der Waals surface area contributed by atoms with Gasteiger partial charge in [-0.05, 0) is 36.2 Å². The Bertz CT molecular complexity index is 761. The number of hydrogen-bond donors (Lipinski definition) is 0. The first-order valence-corrected chi connectivity index (χ1v) is 9.86. The molecule has 0 aliphatic carbocycles. The van der Waals surface area contributed by atoms with Crippen LogP contribution in [0.4, 0.5) is 0 Å². The number of benzene rings is 2. The lowest BCUT2D eigenvalue weighted by molar-refractivity contribution is 0.0640. The van der Waals surface area contributed by atoms with Gasteiger partial charge in [0.05, 0.1) is 26.4 Å². The minimum atomic E-state index is 0.421. The van der Waals surface area contributed by atoms with E-state index < -0.39 is 0 Å². The maximum absolute atomic E-state index is 5.89. The Balaban J connectivity index is 1.60. The molecule has 0 amide bonds. The first-order chi connectivity index (χ1) is 14.4. The van der Waals surface area contributed by atoms with E-state index in [0.717, 1.165) is 12.0 Å². The SMILES string of the molecule is C=CCc1ccc2c(c1)OCCOCCOc1ccccc1OCCOCCO2. The topological polar surface area (TPSA) is 55.4 Å². The lowest BCUT2D eigenvalue weighted by atomic mass is 10.1. The van der Waals surface area contributed by atoms with E-state index in [1.165, 1.54) is 0 Å². The molecule has 0 saturated heterocycles. The largest absolute Gasteiger partial charge is 0.487 e. The second-order valence-corrected chi connectivity index (χ2v) is 6.34. The molecule has 6 heteroatoms. The molecule has 6 nitrogen and oxygen atoms in total. The van der Waals surface area contributed by atoms with Gasteiger partial charge in [0.1, 0.15) is 26.4 Å². The maximum atomic E-state index is 5.89. The monoisotopic (exact) mass is 400 g/mol. The summed E-state index contributed by atoms with van der Waals surface area (Å²) in [6, 6.07) is 13.5. The second-order valence-electron chi connectivity index (χ2n) is 6.34. The van der Waals surface area contributed by atoms with Crippen LogP contribution in [0.5, 0.6) is 23.0 Å². The maximum Gasteiger partial charge on any atom is 0.161 e. The van der Waals surface area contributed by atoms with E-state index in [-0.39, 0.29) is 0 Å². The smallest absolute Gasteiger partial charge is 0.161 e. The molecular weight excluding hydrogens is 372 g/mol. The van der Waals surface area contributed by atoms with Gasteiger partial charge in [0.15, 0.2) is 23.0 Å².